The third kappa shape index (κ3) is 5.11. The number of ketones is 1. The molecule has 2 N–H and O–H groups in total. The van der Waals surface area contributed by atoms with Gasteiger partial charge in [-0.1, -0.05) is 48.7 Å². The lowest BCUT2D eigenvalue weighted by molar-refractivity contribution is -0.139. The molecule has 1 atom stereocenters. The first-order valence-corrected chi connectivity index (χ1v) is 11.2. The molecule has 0 bridgehead atoms. The smallest absolute Gasteiger partial charge is 0.295 e. The first-order valence-electron chi connectivity index (χ1n) is 10.5. The number of halogens is 2. The SMILES string of the molecule is CCCCN1C(=O)C(=O)/C(=C(/O)c2cc(Cl)cc(Cl)c2OC)C1c1cccc(OCCO)c1. The highest BCUT2D eigenvalue weighted by Gasteiger charge is 2.46. The Morgan fingerprint density at radius 3 is 2.61 bits per heavy atom. The molecule has 176 valence electrons. The molecule has 9 heteroatoms. The molecule has 33 heavy (non-hydrogen) atoms. The number of benzene rings is 2. The number of ether oxygens (including phenoxy) is 2. The molecular weight excluding hydrogens is 469 g/mol. The Kier molecular flexibility index (Phi) is 8.24. The molecule has 0 aromatic heterocycles. The predicted octanol–water partition coefficient (Wildman–Crippen LogP) is 4.59. The van der Waals surface area contributed by atoms with Crippen LogP contribution < -0.4 is 9.47 Å². The van der Waals surface area contributed by atoms with Crippen molar-refractivity contribution in [1.29, 1.82) is 0 Å². The monoisotopic (exact) mass is 493 g/mol. The highest BCUT2D eigenvalue weighted by atomic mass is 35.5. The molecule has 7 nitrogen and oxygen atoms in total. The fourth-order valence-electron chi connectivity index (χ4n) is 3.81. The molecule has 1 unspecified atom stereocenters. The lowest BCUT2D eigenvalue weighted by Gasteiger charge is -2.25. The highest BCUT2D eigenvalue weighted by molar-refractivity contribution is 6.46. The molecule has 0 spiro atoms. The summed E-state index contributed by atoms with van der Waals surface area (Å²) >= 11 is 12.4. The molecule has 3 rings (SSSR count). The minimum absolute atomic E-state index is 0.0907. The summed E-state index contributed by atoms with van der Waals surface area (Å²) in [4.78, 5) is 27.5. The standard InChI is InChI=1S/C24H25Cl2NO6/c1-3-4-8-27-20(14-6-5-7-16(11-14)33-10-9-28)19(22(30)24(27)31)21(29)17-12-15(25)13-18(26)23(17)32-2/h5-7,11-13,20,28-29H,3-4,8-10H2,1-2H3/b21-19+. The summed E-state index contributed by atoms with van der Waals surface area (Å²) in [6.07, 6.45) is 1.49. The minimum atomic E-state index is -0.850. The maximum absolute atomic E-state index is 13.1. The average Bonchev–Trinajstić information content (AvgIpc) is 3.05. The van der Waals surface area contributed by atoms with E-state index in [1.807, 2.05) is 6.92 Å². The molecule has 1 aliphatic heterocycles. The number of methoxy groups -OCH3 is 1. The fraction of sp³-hybridized carbons (Fsp3) is 0.333. The summed E-state index contributed by atoms with van der Waals surface area (Å²) in [6, 6.07) is 8.89. The van der Waals surface area contributed by atoms with Crippen LogP contribution in [0.3, 0.4) is 0 Å². The lowest BCUT2D eigenvalue weighted by Crippen LogP contribution is -2.30. The summed E-state index contributed by atoms with van der Waals surface area (Å²) in [7, 11) is 1.38. The van der Waals surface area contributed by atoms with E-state index in [0.29, 0.717) is 24.3 Å². The zero-order chi connectivity index (χ0) is 24.1. The van der Waals surface area contributed by atoms with E-state index in [9.17, 15) is 14.7 Å². The second-order valence-corrected chi connectivity index (χ2v) is 8.30. The summed E-state index contributed by atoms with van der Waals surface area (Å²) in [6.45, 7) is 2.25. The molecule has 1 amide bonds. The number of aliphatic hydroxyl groups excluding tert-OH is 2. The van der Waals surface area contributed by atoms with Gasteiger partial charge in [0.1, 0.15) is 23.9 Å². The van der Waals surface area contributed by atoms with Gasteiger partial charge in [-0.05, 0) is 36.2 Å². The number of likely N-dealkylation sites (tertiary alicyclic amines) is 1. The third-order valence-electron chi connectivity index (χ3n) is 5.29. The van der Waals surface area contributed by atoms with E-state index in [4.69, 9.17) is 37.8 Å². The van der Waals surface area contributed by atoms with Gasteiger partial charge in [0.25, 0.3) is 11.7 Å². The average molecular weight is 494 g/mol. The van der Waals surface area contributed by atoms with Crippen LogP contribution in [-0.2, 0) is 9.59 Å². The Morgan fingerprint density at radius 2 is 1.94 bits per heavy atom. The van der Waals surface area contributed by atoms with Crippen LogP contribution in [0.15, 0.2) is 42.0 Å². The molecule has 2 aromatic carbocycles. The van der Waals surface area contributed by atoms with Crippen molar-refractivity contribution in [2.24, 2.45) is 0 Å². The molecule has 1 saturated heterocycles. The Balaban J connectivity index is 2.22. The number of unbranched alkanes of at least 4 members (excludes halogenated alkanes) is 1. The second-order valence-electron chi connectivity index (χ2n) is 7.46. The van der Waals surface area contributed by atoms with Crippen LogP contribution in [0.2, 0.25) is 10.0 Å². The van der Waals surface area contributed by atoms with Gasteiger partial charge < -0.3 is 24.6 Å². The largest absolute Gasteiger partial charge is 0.507 e. The fourth-order valence-corrected chi connectivity index (χ4v) is 4.38. The summed E-state index contributed by atoms with van der Waals surface area (Å²) < 4.78 is 10.8. The number of hydrogen-bond donors (Lipinski definition) is 2. The second kappa shape index (κ2) is 10.9. The molecule has 0 aliphatic carbocycles. The lowest BCUT2D eigenvalue weighted by atomic mass is 9.94. The Hall–Kier alpha value is -2.74. The van der Waals surface area contributed by atoms with Gasteiger partial charge in [0.2, 0.25) is 0 Å². The molecule has 0 radical (unpaired) electrons. The van der Waals surface area contributed by atoms with Crippen molar-refractivity contribution in [1.82, 2.24) is 4.90 Å². The predicted molar refractivity (Wildman–Crippen MR) is 126 cm³/mol. The van der Waals surface area contributed by atoms with Crippen molar-refractivity contribution in [3.63, 3.8) is 0 Å². The van der Waals surface area contributed by atoms with Gasteiger partial charge in [0.15, 0.2) is 0 Å². The van der Waals surface area contributed by atoms with Crippen LogP contribution in [0, 0.1) is 0 Å². The topological polar surface area (TPSA) is 96.3 Å². The van der Waals surface area contributed by atoms with Crippen LogP contribution in [0.1, 0.15) is 36.9 Å². The van der Waals surface area contributed by atoms with Gasteiger partial charge in [-0.25, -0.2) is 0 Å². The van der Waals surface area contributed by atoms with Crippen molar-refractivity contribution in [2.45, 2.75) is 25.8 Å². The van der Waals surface area contributed by atoms with Crippen molar-refractivity contribution < 1.29 is 29.3 Å². The van der Waals surface area contributed by atoms with E-state index in [1.165, 1.54) is 24.1 Å². The van der Waals surface area contributed by atoms with Crippen molar-refractivity contribution in [3.05, 3.63) is 63.1 Å². The van der Waals surface area contributed by atoms with E-state index in [0.717, 1.165) is 6.42 Å². The number of amides is 1. The summed E-state index contributed by atoms with van der Waals surface area (Å²) in [5.41, 5.74) is 0.600. The molecule has 1 fully saturated rings. The van der Waals surface area contributed by atoms with Crippen LogP contribution in [0.4, 0.5) is 0 Å². The van der Waals surface area contributed by atoms with Crippen molar-refractivity contribution >= 4 is 40.7 Å². The number of rotatable bonds is 9. The van der Waals surface area contributed by atoms with Gasteiger partial charge in [-0.3, -0.25) is 9.59 Å². The van der Waals surface area contributed by atoms with E-state index >= 15 is 0 Å². The number of hydrogen-bond acceptors (Lipinski definition) is 6. The van der Waals surface area contributed by atoms with Crippen LogP contribution in [-0.4, -0.2) is 53.7 Å². The van der Waals surface area contributed by atoms with Crippen molar-refractivity contribution in [2.75, 3.05) is 26.9 Å². The zero-order valence-electron chi connectivity index (χ0n) is 18.3. The van der Waals surface area contributed by atoms with E-state index in [-0.39, 0.29) is 40.1 Å². The number of Topliss-reactive ketones (excluding diaryl/α,β-unsaturated/α-hetero) is 1. The van der Waals surface area contributed by atoms with Crippen LogP contribution >= 0.6 is 23.2 Å². The number of carbonyl (C=O) groups is 2. The molecule has 1 aliphatic rings. The summed E-state index contributed by atoms with van der Waals surface area (Å²) in [5, 5.41) is 20.7. The zero-order valence-corrected chi connectivity index (χ0v) is 19.8. The van der Waals surface area contributed by atoms with Crippen molar-refractivity contribution in [3.8, 4) is 11.5 Å². The van der Waals surface area contributed by atoms with Gasteiger partial charge >= 0.3 is 0 Å². The molecule has 2 aromatic rings. The van der Waals surface area contributed by atoms with Gasteiger partial charge in [-0.15, -0.1) is 0 Å². The van der Waals surface area contributed by atoms with Gasteiger partial charge in [-0.2, -0.15) is 0 Å². The van der Waals surface area contributed by atoms with E-state index < -0.39 is 23.5 Å². The number of aliphatic hydroxyl groups is 2. The maximum atomic E-state index is 13.1. The molecule has 1 heterocycles. The van der Waals surface area contributed by atoms with Gasteiger partial charge in [0, 0.05) is 11.6 Å². The quantitative estimate of drug-likeness (QED) is 0.301. The Morgan fingerprint density at radius 1 is 1.18 bits per heavy atom. The Bertz CT molecular complexity index is 1080. The Labute approximate surface area is 202 Å². The van der Waals surface area contributed by atoms with E-state index in [1.54, 1.807) is 24.3 Å². The van der Waals surface area contributed by atoms with Gasteiger partial charge in [0.05, 0.1) is 35.9 Å². The van der Waals surface area contributed by atoms with Crippen LogP contribution in [0.5, 0.6) is 11.5 Å². The normalized spacial score (nSPS) is 17.5. The summed E-state index contributed by atoms with van der Waals surface area (Å²) in [5.74, 6) is -1.35. The first-order chi connectivity index (χ1) is 15.8. The first kappa shape index (κ1) is 24.9. The number of nitrogens with zero attached hydrogens (tertiary/aromatic N) is 1. The van der Waals surface area contributed by atoms with Crippen LogP contribution in [0.25, 0.3) is 5.76 Å². The maximum Gasteiger partial charge on any atom is 0.295 e. The third-order valence-corrected chi connectivity index (χ3v) is 5.79. The molecule has 0 saturated carbocycles. The van der Waals surface area contributed by atoms with E-state index in [2.05, 4.69) is 0 Å². The minimum Gasteiger partial charge on any atom is -0.507 e. The highest BCUT2D eigenvalue weighted by Crippen LogP contribution is 2.43. The number of carbonyl (C=O) groups excluding carboxylic acids is 2. The molecular formula is C24H25Cl2NO6.